The third-order valence-corrected chi connectivity index (χ3v) is 3.38. The number of carbonyl (C=O) groups excluding carboxylic acids is 1. The van der Waals surface area contributed by atoms with Crippen molar-refractivity contribution in [2.75, 3.05) is 19.5 Å². The Hall–Kier alpha value is -1.49. The standard InChI is InChI=1S/C14H18BrNO3/c1-5-11(14(17)19-4)9(2)16-10-6-7-12(15)13(8-10)18-3/h6-8,16H,5H2,1-4H3/b11-9+. The number of allylic oxidation sites excluding steroid dienone is 1. The zero-order valence-electron chi connectivity index (χ0n) is 11.5. The number of anilines is 1. The first-order chi connectivity index (χ1) is 9.03. The number of carbonyl (C=O) groups is 1. The molecule has 0 bridgehead atoms. The summed E-state index contributed by atoms with van der Waals surface area (Å²) >= 11 is 3.39. The summed E-state index contributed by atoms with van der Waals surface area (Å²) in [4.78, 5) is 11.6. The number of hydrogen-bond acceptors (Lipinski definition) is 4. The van der Waals surface area contributed by atoms with Gasteiger partial charge in [0, 0.05) is 17.5 Å². The molecule has 0 spiro atoms. The molecule has 1 aromatic carbocycles. The minimum atomic E-state index is -0.309. The molecule has 0 aromatic heterocycles. The molecule has 0 saturated carbocycles. The lowest BCUT2D eigenvalue weighted by Gasteiger charge is -2.13. The monoisotopic (exact) mass is 327 g/mol. The van der Waals surface area contributed by atoms with Crippen molar-refractivity contribution < 1.29 is 14.3 Å². The Labute approximate surface area is 121 Å². The molecule has 0 unspecified atom stereocenters. The van der Waals surface area contributed by atoms with Crippen molar-refractivity contribution in [3.63, 3.8) is 0 Å². The predicted molar refractivity (Wildman–Crippen MR) is 79.3 cm³/mol. The molecule has 0 saturated heterocycles. The summed E-state index contributed by atoms with van der Waals surface area (Å²) < 4.78 is 10.9. The average molecular weight is 328 g/mol. The Kier molecular flexibility index (Phi) is 5.89. The summed E-state index contributed by atoms with van der Waals surface area (Å²) in [6.45, 7) is 3.77. The quantitative estimate of drug-likeness (QED) is 0.661. The van der Waals surface area contributed by atoms with Gasteiger partial charge in [-0.2, -0.15) is 0 Å². The van der Waals surface area contributed by atoms with Crippen LogP contribution in [0.3, 0.4) is 0 Å². The van der Waals surface area contributed by atoms with Crippen molar-refractivity contribution in [1.29, 1.82) is 0 Å². The highest BCUT2D eigenvalue weighted by Crippen LogP contribution is 2.28. The summed E-state index contributed by atoms with van der Waals surface area (Å²) in [7, 11) is 2.99. The Bertz CT molecular complexity index is 497. The highest BCUT2D eigenvalue weighted by molar-refractivity contribution is 9.10. The van der Waals surface area contributed by atoms with Crippen LogP contribution in [0.25, 0.3) is 0 Å². The van der Waals surface area contributed by atoms with E-state index in [1.807, 2.05) is 32.0 Å². The summed E-state index contributed by atoms with van der Waals surface area (Å²) in [5.74, 6) is 0.422. The maximum Gasteiger partial charge on any atom is 0.335 e. The van der Waals surface area contributed by atoms with Crippen molar-refractivity contribution >= 4 is 27.6 Å². The van der Waals surface area contributed by atoms with Crippen molar-refractivity contribution in [1.82, 2.24) is 0 Å². The first kappa shape index (κ1) is 15.6. The zero-order valence-corrected chi connectivity index (χ0v) is 13.1. The van der Waals surface area contributed by atoms with Crippen LogP contribution in [0.4, 0.5) is 5.69 Å². The fraction of sp³-hybridized carbons (Fsp3) is 0.357. The highest BCUT2D eigenvalue weighted by atomic mass is 79.9. The van der Waals surface area contributed by atoms with E-state index in [0.29, 0.717) is 12.0 Å². The first-order valence-corrected chi connectivity index (χ1v) is 6.71. The SMILES string of the molecule is CC/C(C(=O)OC)=C(/C)Nc1ccc(Br)c(OC)c1. The van der Waals surface area contributed by atoms with Gasteiger partial charge in [-0.25, -0.2) is 4.79 Å². The van der Waals surface area contributed by atoms with Gasteiger partial charge in [-0.1, -0.05) is 6.92 Å². The van der Waals surface area contributed by atoms with Gasteiger partial charge in [-0.15, -0.1) is 0 Å². The highest BCUT2D eigenvalue weighted by Gasteiger charge is 2.11. The second-order valence-electron chi connectivity index (χ2n) is 3.92. The predicted octanol–water partition coefficient (Wildman–Crippen LogP) is 3.73. The molecule has 1 N–H and O–H groups in total. The molecule has 104 valence electrons. The van der Waals surface area contributed by atoms with Gasteiger partial charge in [0.15, 0.2) is 0 Å². The van der Waals surface area contributed by atoms with Gasteiger partial charge < -0.3 is 14.8 Å². The Balaban J connectivity index is 3.00. The normalized spacial score (nSPS) is 11.6. The van der Waals surface area contributed by atoms with E-state index in [9.17, 15) is 4.79 Å². The fourth-order valence-electron chi connectivity index (χ4n) is 1.72. The zero-order chi connectivity index (χ0) is 14.4. The van der Waals surface area contributed by atoms with Crippen molar-refractivity contribution in [2.24, 2.45) is 0 Å². The number of halogens is 1. The van der Waals surface area contributed by atoms with Crippen molar-refractivity contribution in [3.05, 3.63) is 33.9 Å². The number of esters is 1. The Morgan fingerprint density at radius 2 is 2.05 bits per heavy atom. The van der Waals surface area contributed by atoms with E-state index in [0.717, 1.165) is 21.6 Å². The van der Waals surface area contributed by atoms with Crippen LogP contribution in [0, 0.1) is 0 Å². The third-order valence-electron chi connectivity index (χ3n) is 2.72. The maximum atomic E-state index is 11.6. The average Bonchev–Trinajstić information content (AvgIpc) is 2.41. The topological polar surface area (TPSA) is 47.6 Å². The van der Waals surface area contributed by atoms with Gasteiger partial charge in [0.05, 0.1) is 24.3 Å². The number of nitrogens with one attached hydrogen (secondary N) is 1. The van der Waals surface area contributed by atoms with Crippen LogP contribution in [-0.4, -0.2) is 20.2 Å². The molecule has 0 amide bonds. The molecule has 0 heterocycles. The fourth-order valence-corrected chi connectivity index (χ4v) is 2.12. The summed E-state index contributed by atoms with van der Waals surface area (Å²) in [5.41, 5.74) is 2.26. The third kappa shape index (κ3) is 3.99. The van der Waals surface area contributed by atoms with Gasteiger partial charge in [-0.05, 0) is 41.4 Å². The van der Waals surface area contributed by atoms with Gasteiger partial charge in [0.25, 0.3) is 0 Å². The van der Waals surface area contributed by atoms with Gasteiger partial charge in [0.2, 0.25) is 0 Å². The summed E-state index contributed by atoms with van der Waals surface area (Å²) in [5, 5.41) is 3.19. The van der Waals surface area contributed by atoms with Crippen LogP contribution < -0.4 is 10.1 Å². The first-order valence-electron chi connectivity index (χ1n) is 5.92. The molecule has 1 rings (SSSR count). The minimum absolute atomic E-state index is 0.309. The van der Waals surface area contributed by atoms with E-state index in [4.69, 9.17) is 9.47 Å². The molecule has 5 heteroatoms. The molecule has 0 radical (unpaired) electrons. The van der Waals surface area contributed by atoms with Crippen LogP contribution >= 0.6 is 15.9 Å². The molecule has 0 aliphatic carbocycles. The number of benzene rings is 1. The maximum absolute atomic E-state index is 11.6. The molecule has 0 fully saturated rings. The summed E-state index contributed by atoms with van der Waals surface area (Å²) in [6, 6.07) is 5.65. The van der Waals surface area contributed by atoms with Crippen LogP contribution in [0.15, 0.2) is 33.9 Å². The second-order valence-corrected chi connectivity index (χ2v) is 4.78. The van der Waals surface area contributed by atoms with E-state index in [1.54, 1.807) is 7.11 Å². The van der Waals surface area contributed by atoms with Crippen LogP contribution in [0.2, 0.25) is 0 Å². The number of hydrogen-bond donors (Lipinski definition) is 1. The Morgan fingerprint density at radius 1 is 1.37 bits per heavy atom. The van der Waals surface area contributed by atoms with Gasteiger partial charge in [-0.3, -0.25) is 0 Å². The summed E-state index contributed by atoms with van der Waals surface area (Å²) in [6.07, 6.45) is 0.610. The largest absolute Gasteiger partial charge is 0.495 e. The molecule has 0 aliphatic heterocycles. The number of methoxy groups -OCH3 is 2. The molecule has 4 nitrogen and oxygen atoms in total. The van der Waals surface area contributed by atoms with E-state index in [2.05, 4.69) is 21.2 Å². The second kappa shape index (κ2) is 7.19. The van der Waals surface area contributed by atoms with E-state index in [-0.39, 0.29) is 5.97 Å². The lowest BCUT2D eigenvalue weighted by molar-refractivity contribution is -0.136. The molecule has 19 heavy (non-hydrogen) atoms. The molecular formula is C14H18BrNO3. The van der Waals surface area contributed by atoms with Crippen molar-refractivity contribution in [2.45, 2.75) is 20.3 Å². The number of ether oxygens (including phenoxy) is 2. The van der Waals surface area contributed by atoms with Crippen LogP contribution in [-0.2, 0) is 9.53 Å². The van der Waals surface area contributed by atoms with E-state index < -0.39 is 0 Å². The van der Waals surface area contributed by atoms with E-state index in [1.165, 1.54) is 7.11 Å². The smallest absolute Gasteiger partial charge is 0.335 e. The molecule has 0 aliphatic rings. The molecule has 1 aromatic rings. The minimum Gasteiger partial charge on any atom is -0.495 e. The Morgan fingerprint density at radius 3 is 2.58 bits per heavy atom. The lowest BCUT2D eigenvalue weighted by atomic mass is 10.1. The van der Waals surface area contributed by atoms with Crippen molar-refractivity contribution in [3.8, 4) is 5.75 Å². The number of rotatable bonds is 5. The molecule has 0 atom stereocenters. The molecular weight excluding hydrogens is 310 g/mol. The lowest BCUT2D eigenvalue weighted by Crippen LogP contribution is -2.10. The van der Waals surface area contributed by atoms with Gasteiger partial charge >= 0.3 is 5.97 Å². The van der Waals surface area contributed by atoms with Crippen LogP contribution in [0.5, 0.6) is 5.75 Å². The van der Waals surface area contributed by atoms with E-state index >= 15 is 0 Å². The van der Waals surface area contributed by atoms with Gasteiger partial charge in [0.1, 0.15) is 5.75 Å². The van der Waals surface area contributed by atoms with Crippen LogP contribution in [0.1, 0.15) is 20.3 Å².